The third-order valence-corrected chi connectivity index (χ3v) is 2.10. The van der Waals surface area contributed by atoms with E-state index in [0.29, 0.717) is 4.47 Å². The highest BCUT2D eigenvalue weighted by molar-refractivity contribution is 9.10. The quantitative estimate of drug-likeness (QED) is 0.474. The van der Waals surface area contributed by atoms with E-state index in [2.05, 4.69) is 15.9 Å². The number of ether oxygens (including phenoxy) is 1. The summed E-state index contributed by atoms with van der Waals surface area (Å²) in [5.41, 5.74) is 0.163. The van der Waals surface area contributed by atoms with Gasteiger partial charge in [-0.3, -0.25) is 9.59 Å². The molecule has 1 aromatic carbocycles. The van der Waals surface area contributed by atoms with Crippen molar-refractivity contribution in [3.63, 3.8) is 0 Å². The Morgan fingerprint density at radius 2 is 2.07 bits per heavy atom. The fraction of sp³-hybridized carbons (Fsp3) is 0.111. The first kappa shape index (κ1) is 11.2. The molecule has 0 heterocycles. The summed E-state index contributed by atoms with van der Waals surface area (Å²) in [6.07, 6.45) is 0. The molecule has 0 fully saturated rings. The number of rotatable bonds is 2. The van der Waals surface area contributed by atoms with Crippen molar-refractivity contribution in [2.45, 2.75) is 6.92 Å². The molecule has 0 N–H and O–H groups in total. The van der Waals surface area contributed by atoms with E-state index in [1.54, 1.807) is 6.07 Å². The zero-order valence-electron chi connectivity index (χ0n) is 7.21. The van der Waals surface area contributed by atoms with Crippen molar-refractivity contribution in [3.8, 4) is 5.75 Å². The second kappa shape index (κ2) is 4.57. The molecular weight excluding hydrogens is 271 g/mol. The van der Waals surface area contributed by atoms with Crippen molar-refractivity contribution < 1.29 is 14.3 Å². The Balaban J connectivity index is 3.14. The van der Waals surface area contributed by atoms with Crippen LogP contribution in [0, 0.1) is 0 Å². The summed E-state index contributed by atoms with van der Waals surface area (Å²) >= 11 is 8.49. The largest absolute Gasteiger partial charge is 0.426 e. The third-order valence-electron chi connectivity index (χ3n) is 1.41. The maximum absolute atomic E-state index is 11.0. The standard InChI is InChI=1S/C9H6BrClO3/c1-5(12)14-8-3-2-6(10)4-7(8)9(11)13/h2-4H,1H3. The number of carbonyl (C=O) groups excluding carboxylic acids is 2. The first-order chi connectivity index (χ1) is 6.50. The van der Waals surface area contributed by atoms with Crippen LogP contribution in [0.5, 0.6) is 5.75 Å². The Morgan fingerprint density at radius 1 is 1.43 bits per heavy atom. The summed E-state index contributed by atoms with van der Waals surface area (Å²) < 4.78 is 5.49. The molecule has 0 aliphatic carbocycles. The third kappa shape index (κ3) is 2.82. The minimum atomic E-state index is -0.664. The van der Waals surface area contributed by atoms with E-state index in [4.69, 9.17) is 16.3 Å². The van der Waals surface area contributed by atoms with Crippen LogP contribution in [0.2, 0.25) is 0 Å². The van der Waals surface area contributed by atoms with Crippen LogP contribution in [0.15, 0.2) is 22.7 Å². The van der Waals surface area contributed by atoms with Gasteiger partial charge in [-0.1, -0.05) is 15.9 Å². The normalized spacial score (nSPS) is 9.64. The molecule has 0 aliphatic heterocycles. The highest BCUT2D eigenvalue weighted by Crippen LogP contribution is 2.24. The number of benzene rings is 1. The summed E-state index contributed by atoms with van der Waals surface area (Å²) in [6.45, 7) is 1.25. The molecule has 0 saturated carbocycles. The summed E-state index contributed by atoms with van der Waals surface area (Å²) in [5, 5.41) is -0.664. The van der Waals surface area contributed by atoms with Gasteiger partial charge >= 0.3 is 5.97 Å². The maximum atomic E-state index is 11.0. The van der Waals surface area contributed by atoms with Gasteiger partial charge in [0.05, 0.1) is 5.56 Å². The Kier molecular flexibility index (Phi) is 3.66. The molecule has 1 aromatic rings. The molecule has 5 heteroatoms. The van der Waals surface area contributed by atoms with E-state index in [-0.39, 0.29) is 11.3 Å². The molecule has 0 aliphatic rings. The van der Waals surface area contributed by atoms with Crippen molar-refractivity contribution in [1.29, 1.82) is 0 Å². The monoisotopic (exact) mass is 276 g/mol. The molecular formula is C9H6BrClO3. The van der Waals surface area contributed by atoms with Crippen molar-refractivity contribution in [2.75, 3.05) is 0 Å². The molecule has 0 amide bonds. The van der Waals surface area contributed by atoms with Crippen molar-refractivity contribution in [1.82, 2.24) is 0 Å². The smallest absolute Gasteiger partial charge is 0.308 e. The number of carbonyl (C=O) groups is 2. The van der Waals surface area contributed by atoms with Gasteiger partial charge in [0, 0.05) is 11.4 Å². The van der Waals surface area contributed by atoms with E-state index < -0.39 is 11.2 Å². The molecule has 0 aromatic heterocycles. The molecule has 0 radical (unpaired) electrons. The van der Waals surface area contributed by atoms with Crippen LogP contribution in [0.3, 0.4) is 0 Å². The molecule has 74 valence electrons. The minimum Gasteiger partial charge on any atom is -0.426 e. The van der Waals surface area contributed by atoms with Crippen LogP contribution in [-0.2, 0) is 4.79 Å². The van der Waals surface area contributed by atoms with Gasteiger partial charge in [-0.15, -0.1) is 0 Å². The average Bonchev–Trinajstić information content (AvgIpc) is 2.07. The van der Waals surface area contributed by atoms with Crippen molar-refractivity contribution in [3.05, 3.63) is 28.2 Å². The van der Waals surface area contributed by atoms with Crippen molar-refractivity contribution in [2.24, 2.45) is 0 Å². The second-order valence-electron chi connectivity index (χ2n) is 2.51. The maximum Gasteiger partial charge on any atom is 0.308 e. The number of halogens is 2. The highest BCUT2D eigenvalue weighted by Gasteiger charge is 2.12. The molecule has 1 rings (SSSR count). The van der Waals surface area contributed by atoms with Gasteiger partial charge in [-0.2, -0.15) is 0 Å². The molecule has 0 spiro atoms. The van der Waals surface area contributed by atoms with Crippen LogP contribution in [-0.4, -0.2) is 11.2 Å². The predicted molar refractivity (Wildman–Crippen MR) is 55.6 cm³/mol. The van der Waals surface area contributed by atoms with Crippen LogP contribution in [0.25, 0.3) is 0 Å². The van der Waals surface area contributed by atoms with E-state index >= 15 is 0 Å². The molecule has 14 heavy (non-hydrogen) atoms. The number of esters is 1. The van der Waals surface area contributed by atoms with Crippen LogP contribution in [0.4, 0.5) is 0 Å². The van der Waals surface area contributed by atoms with E-state index in [9.17, 15) is 9.59 Å². The molecule has 3 nitrogen and oxygen atoms in total. The van der Waals surface area contributed by atoms with E-state index in [1.807, 2.05) is 0 Å². The van der Waals surface area contributed by atoms with Gasteiger partial charge < -0.3 is 4.74 Å². The molecule has 0 bridgehead atoms. The fourth-order valence-electron chi connectivity index (χ4n) is 0.900. The summed E-state index contributed by atoms with van der Waals surface area (Å²) in [5.74, 6) is -0.327. The SMILES string of the molecule is CC(=O)Oc1ccc(Br)cc1C(=O)Cl. The van der Waals surface area contributed by atoms with Crippen LogP contribution < -0.4 is 4.74 Å². The van der Waals surface area contributed by atoms with Gasteiger partial charge in [0.25, 0.3) is 5.24 Å². The van der Waals surface area contributed by atoms with Gasteiger partial charge in [0.2, 0.25) is 0 Å². The lowest BCUT2D eigenvalue weighted by Gasteiger charge is -2.05. The molecule has 0 unspecified atom stereocenters. The summed E-state index contributed by atoms with van der Waals surface area (Å²) in [4.78, 5) is 21.6. The van der Waals surface area contributed by atoms with Gasteiger partial charge in [0.1, 0.15) is 5.75 Å². The first-order valence-electron chi connectivity index (χ1n) is 3.68. The van der Waals surface area contributed by atoms with Gasteiger partial charge in [0.15, 0.2) is 0 Å². The van der Waals surface area contributed by atoms with Crippen molar-refractivity contribution >= 4 is 38.7 Å². The van der Waals surface area contributed by atoms with Crippen LogP contribution >= 0.6 is 27.5 Å². The lowest BCUT2D eigenvalue weighted by molar-refractivity contribution is -0.131. The van der Waals surface area contributed by atoms with E-state index in [1.165, 1.54) is 19.1 Å². The van der Waals surface area contributed by atoms with Crippen LogP contribution in [0.1, 0.15) is 17.3 Å². The number of hydrogen-bond acceptors (Lipinski definition) is 3. The average molecular weight is 278 g/mol. The Bertz CT molecular complexity index is 390. The predicted octanol–water partition coefficient (Wildman–Crippen LogP) is 2.75. The highest BCUT2D eigenvalue weighted by atomic mass is 79.9. The van der Waals surface area contributed by atoms with Gasteiger partial charge in [-0.05, 0) is 29.8 Å². The topological polar surface area (TPSA) is 43.4 Å². The summed E-state index contributed by atoms with van der Waals surface area (Å²) in [6, 6.07) is 4.65. The lowest BCUT2D eigenvalue weighted by atomic mass is 10.2. The Morgan fingerprint density at radius 3 is 2.57 bits per heavy atom. The number of hydrogen-bond donors (Lipinski definition) is 0. The lowest BCUT2D eigenvalue weighted by Crippen LogP contribution is -2.05. The Hall–Kier alpha value is -0.870. The minimum absolute atomic E-state index is 0.163. The van der Waals surface area contributed by atoms with E-state index in [0.717, 1.165) is 0 Å². The Labute approximate surface area is 94.1 Å². The fourth-order valence-corrected chi connectivity index (χ4v) is 1.41. The summed E-state index contributed by atoms with van der Waals surface area (Å²) in [7, 11) is 0. The molecule has 0 atom stereocenters. The molecule has 0 saturated heterocycles. The first-order valence-corrected chi connectivity index (χ1v) is 4.85. The second-order valence-corrected chi connectivity index (χ2v) is 3.77. The zero-order chi connectivity index (χ0) is 10.7. The van der Waals surface area contributed by atoms with Gasteiger partial charge in [-0.25, -0.2) is 0 Å². The zero-order valence-corrected chi connectivity index (χ0v) is 9.55.